The van der Waals surface area contributed by atoms with Gasteiger partial charge in [0.15, 0.2) is 0 Å². The molecule has 2 saturated heterocycles. The maximum atomic E-state index is 12.2. The molecule has 0 atom stereocenters. The summed E-state index contributed by atoms with van der Waals surface area (Å²) >= 11 is 0. The van der Waals surface area contributed by atoms with Gasteiger partial charge in [0, 0.05) is 38.6 Å². The number of carbonyl (C=O) groups is 1. The van der Waals surface area contributed by atoms with Gasteiger partial charge in [0.05, 0.1) is 0 Å². The molecule has 2 heterocycles. The first kappa shape index (κ1) is 14.8. The van der Waals surface area contributed by atoms with E-state index in [9.17, 15) is 4.79 Å². The molecule has 0 spiro atoms. The van der Waals surface area contributed by atoms with Crippen molar-refractivity contribution in [3.63, 3.8) is 0 Å². The van der Waals surface area contributed by atoms with Gasteiger partial charge < -0.3 is 10.2 Å². The predicted octanol–water partition coefficient (Wildman–Crippen LogP) is 1.32. The van der Waals surface area contributed by atoms with Crippen LogP contribution in [0.15, 0.2) is 0 Å². The molecule has 0 aromatic carbocycles. The number of piperidine rings is 1. The zero-order valence-corrected chi connectivity index (χ0v) is 12.5. The summed E-state index contributed by atoms with van der Waals surface area (Å²) in [7, 11) is 0. The van der Waals surface area contributed by atoms with Gasteiger partial charge in [-0.05, 0) is 52.1 Å². The molecule has 0 aliphatic carbocycles. The first-order chi connectivity index (χ1) is 9.16. The van der Waals surface area contributed by atoms with E-state index in [0.717, 1.165) is 58.0 Å². The molecule has 4 nitrogen and oxygen atoms in total. The summed E-state index contributed by atoms with van der Waals surface area (Å²) in [6.45, 7) is 10.6. The van der Waals surface area contributed by atoms with E-state index in [1.165, 1.54) is 12.8 Å². The SMILES string of the molecule is CC(C)N1CCN(C(=O)CCC2CCNCC2)CC1. The fourth-order valence-electron chi connectivity index (χ4n) is 3.14. The van der Waals surface area contributed by atoms with Gasteiger partial charge in [-0.15, -0.1) is 0 Å². The van der Waals surface area contributed by atoms with Crippen molar-refractivity contribution in [3.05, 3.63) is 0 Å². The number of carbonyl (C=O) groups excluding carboxylic acids is 1. The summed E-state index contributed by atoms with van der Waals surface area (Å²) in [4.78, 5) is 16.7. The third kappa shape index (κ3) is 4.46. The van der Waals surface area contributed by atoms with Crippen LogP contribution in [-0.4, -0.2) is 61.0 Å². The second-order valence-corrected chi connectivity index (χ2v) is 6.24. The number of piperazine rings is 1. The zero-order valence-electron chi connectivity index (χ0n) is 12.5. The minimum absolute atomic E-state index is 0.377. The number of nitrogens with one attached hydrogen (secondary N) is 1. The van der Waals surface area contributed by atoms with Crippen LogP contribution in [0, 0.1) is 5.92 Å². The summed E-state index contributed by atoms with van der Waals surface area (Å²) in [6, 6.07) is 0.604. The summed E-state index contributed by atoms with van der Waals surface area (Å²) in [5, 5.41) is 3.38. The monoisotopic (exact) mass is 267 g/mol. The predicted molar refractivity (Wildman–Crippen MR) is 78.1 cm³/mol. The number of hydrogen-bond acceptors (Lipinski definition) is 3. The van der Waals surface area contributed by atoms with E-state index < -0.39 is 0 Å². The fraction of sp³-hybridized carbons (Fsp3) is 0.933. The lowest BCUT2D eigenvalue weighted by atomic mass is 9.93. The molecule has 2 aliphatic heterocycles. The molecule has 0 radical (unpaired) electrons. The van der Waals surface area contributed by atoms with Crippen molar-refractivity contribution >= 4 is 5.91 Å². The smallest absolute Gasteiger partial charge is 0.222 e. The summed E-state index contributed by atoms with van der Waals surface area (Å²) in [5.41, 5.74) is 0. The minimum atomic E-state index is 0.377. The Kier molecular flexibility index (Phi) is 5.64. The summed E-state index contributed by atoms with van der Waals surface area (Å²) < 4.78 is 0. The number of amides is 1. The number of nitrogens with zero attached hydrogens (tertiary/aromatic N) is 2. The molecule has 2 fully saturated rings. The van der Waals surface area contributed by atoms with E-state index in [1.807, 2.05) is 0 Å². The molecule has 1 N–H and O–H groups in total. The summed E-state index contributed by atoms with van der Waals surface area (Å²) in [5.74, 6) is 1.14. The quantitative estimate of drug-likeness (QED) is 0.834. The maximum absolute atomic E-state index is 12.2. The summed E-state index contributed by atoms with van der Waals surface area (Å²) in [6.07, 6.45) is 4.33. The third-order valence-corrected chi connectivity index (χ3v) is 4.62. The second-order valence-electron chi connectivity index (χ2n) is 6.24. The van der Waals surface area contributed by atoms with Crippen LogP contribution in [0.5, 0.6) is 0 Å². The van der Waals surface area contributed by atoms with Crippen LogP contribution in [0.1, 0.15) is 39.5 Å². The number of hydrogen-bond donors (Lipinski definition) is 1. The van der Waals surface area contributed by atoms with Gasteiger partial charge in [-0.25, -0.2) is 0 Å². The van der Waals surface area contributed by atoms with Crippen molar-refractivity contribution in [3.8, 4) is 0 Å². The molecule has 1 amide bonds. The fourth-order valence-corrected chi connectivity index (χ4v) is 3.14. The van der Waals surface area contributed by atoms with Gasteiger partial charge in [-0.2, -0.15) is 0 Å². The molecule has 2 aliphatic rings. The van der Waals surface area contributed by atoms with E-state index in [4.69, 9.17) is 0 Å². The Morgan fingerprint density at radius 3 is 2.37 bits per heavy atom. The Bertz CT molecular complexity index is 279. The molecule has 0 aromatic heterocycles. The van der Waals surface area contributed by atoms with Crippen molar-refractivity contribution < 1.29 is 4.79 Å². The van der Waals surface area contributed by atoms with Crippen molar-refractivity contribution in [1.82, 2.24) is 15.1 Å². The molecule has 0 saturated carbocycles. The molecule has 4 heteroatoms. The highest BCUT2D eigenvalue weighted by Crippen LogP contribution is 2.18. The van der Waals surface area contributed by atoms with Gasteiger partial charge in [0.2, 0.25) is 5.91 Å². The minimum Gasteiger partial charge on any atom is -0.340 e. The van der Waals surface area contributed by atoms with E-state index in [0.29, 0.717) is 11.9 Å². The zero-order chi connectivity index (χ0) is 13.7. The Balaban J connectivity index is 1.66. The molecular formula is C15H29N3O. The highest BCUT2D eigenvalue weighted by atomic mass is 16.2. The topological polar surface area (TPSA) is 35.6 Å². The lowest BCUT2D eigenvalue weighted by Crippen LogP contribution is -2.50. The van der Waals surface area contributed by atoms with Crippen molar-refractivity contribution in [2.45, 2.75) is 45.6 Å². The van der Waals surface area contributed by atoms with Crippen LogP contribution in [0.2, 0.25) is 0 Å². The standard InChI is InChI=1S/C15H29N3O/c1-13(2)17-9-11-18(12-10-17)15(19)4-3-14-5-7-16-8-6-14/h13-14,16H,3-12H2,1-2H3. The third-order valence-electron chi connectivity index (χ3n) is 4.62. The second kappa shape index (κ2) is 7.25. The Labute approximate surface area is 117 Å². The largest absolute Gasteiger partial charge is 0.340 e. The molecule has 110 valence electrons. The highest BCUT2D eigenvalue weighted by Gasteiger charge is 2.23. The van der Waals surface area contributed by atoms with Crippen LogP contribution in [-0.2, 0) is 4.79 Å². The molecule has 0 unspecified atom stereocenters. The van der Waals surface area contributed by atoms with Crippen LogP contribution in [0.25, 0.3) is 0 Å². The van der Waals surface area contributed by atoms with Crippen LogP contribution in [0.3, 0.4) is 0 Å². The molecular weight excluding hydrogens is 238 g/mol. The molecule has 2 rings (SSSR count). The molecule has 0 bridgehead atoms. The van der Waals surface area contributed by atoms with Gasteiger partial charge in [0.1, 0.15) is 0 Å². The van der Waals surface area contributed by atoms with Crippen molar-refractivity contribution in [2.24, 2.45) is 5.92 Å². The Morgan fingerprint density at radius 1 is 1.16 bits per heavy atom. The molecule has 19 heavy (non-hydrogen) atoms. The average Bonchev–Trinajstić information content (AvgIpc) is 2.46. The lowest BCUT2D eigenvalue weighted by Gasteiger charge is -2.37. The van der Waals surface area contributed by atoms with E-state index in [1.54, 1.807) is 0 Å². The van der Waals surface area contributed by atoms with Gasteiger partial charge >= 0.3 is 0 Å². The Morgan fingerprint density at radius 2 is 1.79 bits per heavy atom. The lowest BCUT2D eigenvalue weighted by molar-refractivity contribution is -0.133. The highest BCUT2D eigenvalue weighted by molar-refractivity contribution is 5.76. The normalized spacial score (nSPS) is 23.0. The van der Waals surface area contributed by atoms with E-state index >= 15 is 0 Å². The maximum Gasteiger partial charge on any atom is 0.222 e. The van der Waals surface area contributed by atoms with Crippen LogP contribution < -0.4 is 5.32 Å². The van der Waals surface area contributed by atoms with E-state index in [-0.39, 0.29) is 0 Å². The molecule has 0 aromatic rings. The van der Waals surface area contributed by atoms with Crippen molar-refractivity contribution in [1.29, 1.82) is 0 Å². The first-order valence-corrected chi connectivity index (χ1v) is 7.89. The van der Waals surface area contributed by atoms with Crippen LogP contribution >= 0.6 is 0 Å². The van der Waals surface area contributed by atoms with Crippen molar-refractivity contribution in [2.75, 3.05) is 39.3 Å². The van der Waals surface area contributed by atoms with Crippen LogP contribution in [0.4, 0.5) is 0 Å². The number of rotatable bonds is 4. The van der Waals surface area contributed by atoms with Gasteiger partial charge in [0.25, 0.3) is 0 Å². The Hall–Kier alpha value is -0.610. The van der Waals surface area contributed by atoms with E-state index in [2.05, 4.69) is 29.0 Å². The average molecular weight is 267 g/mol. The first-order valence-electron chi connectivity index (χ1n) is 7.89. The van der Waals surface area contributed by atoms with Gasteiger partial charge in [-0.1, -0.05) is 0 Å². The van der Waals surface area contributed by atoms with Gasteiger partial charge in [-0.3, -0.25) is 9.69 Å².